The molecule has 0 aliphatic carbocycles. The third kappa shape index (κ3) is 0.618. The topological polar surface area (TPSA) is 12.0 Å². The molecule has 1 fully saturated rings. The highest BCUT2D eigenvalue weighted by Crippen LogP contribution is 1.90. The highest BCUT2D eigenvalue weighted by Gasteiger charge is 1.93. The largest absolute Gasteiger partial charge is 0.317 e. The van der Waals surface area contributed by atoms with Gasteiger partial charge < -0.3 is 5.32 Å². The molecule has 0 aromatic heterocycles. The van der Waals surface area contributed by atoms with Gasteiger partial charge in [0.05, 0.1) is 0 Å². The van der Waals surface area contributed by atoms with Gasteiger partial charge in [-0.25, -0.2) is 0 Å². The van der Waals surface area contributed by atoms with Crippen LogP contribution < -0.4 is 5.32 Å². The SMILES string of the molecule is C1C[13CH2]NC1. The quantitative estimate of drug-likeness (QED) is 0.408. The molecule has 0 amide bonds. The van der Waals surface area contributed by atoms with Gasteiger partial charge in [-0.15, -0.1) is 0 Å². The molecule has 0 aromatic carbocycles. The first-order valence-electron chi connectivity index (χ1n) is 2.21. The molecule has 1 N–H and O–H groups in total. The molecular weight excluding hydrogens is 63.0 g/mol. The van der Waals surface area contributed by atoms with Gasteiger partial charge in [-0.1, -0.05) is 0 Å². The van der Waals surface area contributed by atoms with Gasteiger partial charge in [-0.05, 0) is 25.9 Å². The number of hydrogen-bond donors (Lipinski definition) is 1. The average Bonchev–Trinajstić information content (AvgIpc) is 1.76. The Morgan fingerprint density at radius 3 is 1.80 bits per heavy atom. The van der Waals surface area contributed by atoms with E-state index in [0.29, 0.717) is 0 Å². The Morgan fingerprint density at radius 1 is 1.00 bits per heavy atom. The van der Waals surface area contributed by atoms with E-state index < -0.39 is 0 Å². The van der Waals surface area contributed by atoms with Crippen LogP contribution >= 0.6 is 0 Å². The Bertz CT molecular complexity index is 15.2. The van der Waals surface area contributed by atoms with Gasteiger partial charge in [-0.2, -0.15) is 0 Å². The van der Waals surface area contributed by atoms with E-state index in [1.165, 1.54) is 25.9 Å². The lowest BCUT2D eigenvalue weighted by Crippen LogP contribution is -2.03. The summed E-state index contributed by atoms with van der Waals surface area (Å²) >= 11 is 0. The number of hydrogen-bond acceptors (Lipinski definition) is 1. The van der Waals surface area contributed by atoms with E-state index >= 15 is 0 Å². The molecule has 0 saturated carbocycles. The molecule has 0 atom stereocenters. The van der Waals surface area contributed by atoms with E-state index in [2.05, 4.69) is 5.32 Å². The monoisotopic (exact) mass is 72.1 g/mol. The highest BCUT2D eigenvalue weighted by atomic mass is 15.0. The molecule has 0 bridgehead atoms. The van der Waals surface area contributed by atoms with E-state index in [0.717, 1.165) is 0 Å². The van der Waals surface area contributed by atoms with Crippen LogP contribution in [0.25, 0.3) is 0 Å². The lowest BCUT2D eigenvalue weighted by molar-refractivity contribution is 0.857. The van der Waals surface area contributed by atoms with Crippen LogP contribution in [0.3, 0.4) is 0 Å². The predicted molar refractivity (Wildman–Crippen MR) is 22.1 cm³/mol. The molecule has 0 radical (unpaired) electrons. The molecular formula is C4H9N. The molecule has 30 valence electrons. The Balaban J connectivity index is 2.08. The minimum atomic E-state index is 1.25. The maximum absolute atomic E-state index is 3.22. The van der Waals surface area contributed by atoms with Crippen molar-refractivity contribution in [2.45, 2.75) is 12.8 Å². The van der Waals surface area contributed by atoms with Crippen molar-refractivity contribution >= 4 is 0 Å². The predicted octanol–water partition coefficient (Wildman–Crippen LogP) is 0.370. The number of rotatable bonds is 0. The zero-order valence-electron chi connectivity index (χ0n) is 3.33. The lowest BCUT2D eigenvalue weighted by Gasteiger charge is -1.76. The Kier molecular flexibility index (Phi) is 0.892. The van der Waals surface area contributed by atoms with E-state index in [1.807, 2.05) is 0 Å². The molecule has 1 nitrogen and oxygen atoms in total. The normalized spacial score (nSPS) is 24.0. The van der Waals surface area contributed by atoms with Crippen LogP contribution in [-0.4, -0.2) is 13.1 Å². The van der Waals surface area contributed by atoms with Crippen LogP contribution in [0.1, 0.15) is 12.8 Å². The summed E-state index contributed by atoms with van der Waals surface area (Å²) in [6.07, 6.45) is 2.78. The summed E-state index contributed by atoms with van der Waals surface area (Å²) in [6.45, 7) is 2.50. The van der Waals surface area contributed by atoms with Crippen molar-refractivity contribution < 1.29 is 0 Å². The molecule has 1 rings (SSSR count). The minimum absolute atomic E-state index is 1.25. The Morgan fingerprint density at radius 2 is 1.60 bits per heavy atom. The smallest absolute Gasteiger partial charge is 0.00484 e. The second-order valence-electron chi connectivity index (χ2n) is 1.46. The molecule has 1 heterocycles. The summed E-state index contributed by atoms with van der Waals surface area (Å²) in [7, 11) is 0. The fraction of sp³-hybridized carbons (Fsp3) is 1.00. The second-order valence-corrected chi connectivity index (χ2v) is 1.46. The first-order chi connectivity index (χ1) is 2.50. The van der Waals surface area contributed by atoms with Crippen molar-refractivity contribution in [1.82, 2.24) is 5.32 Å². The van der Waals surface area contributed by atoms with Crippen molar-refractivity contribution in [1.29, 1.82) is 0 Å². The summed E-state index contributed by atoms with van der Waals surface area (Å²) in [5, 5.41) is 3.22. The highest BCUT2D eigenvalue weighted by molar-refractivity contribution is 4.55. The first kappa shape index (κ1) is 3.16. The Hall–Kier alpha value is -0.0400. The van der Waals surface area contributed by atoms with Crippen LogP contribution in [-0.2, 0) is 0 Å². The van der Waals surface area contributed by atoms with Crippen LogP contribution in [0.2, 0.25) is 0 Å². The van der Waals surface area contributed by atoms with Crippen molar-refractivity contribution in [3.63, 3.8) is 0 Å². The zero-order chi connectivity index (χ0) is 3.54. The summed E-state index contributed by atoms with van der Waals surface area (Å²) in [5.41, 5.74) is 0. The van der Waals surface area contributed by atoms with Gasteiger partial charge in [0.25, 0.3) is 0 Å². The molecule has 0 unspecified atom stereocenters. The minimum Gasteiger partial charge on any atom is -0.317 e. The molecule has 1 aliphatic rings. The van der Waals surface area contributed by atoms with Crippen molar-refractivity contribution in [2.24, 2.45) is 0 Å². The molecule has 1 heteroatoms. The first-order valence-corrected chi connectivity index (χ1v) is 2.21. The van der Waals surface area contributed by atoms with Gasteiger partial charge in [-0.3, -0.25) is 0 Å². The molecule has 0 aromatic rings. The van der Waals surface area contributed by atoms with Gasteiger partial charge in [0.15, 0.2) is 0 Å². The van der Waals surface area contributed by atoms with E-state index in [9.17, 15) is 0 Å². The van der Waals surface area contributed by atoms with Gasteiger partial charge in [0.2, 0.25) is 0 Å². The van der Waals surface area contributed by atoms with Crippen molar-refractivity contribution in [3.8, 4) is 0 Å². The lowest BCUT2D eigenvalue weighted by atomic mass is 10.5. The molecule has 5 heavy (non-hydrogen) atoms. The van der Waals surface area contributed by atoms with E-state index in [-0.39, 0.29) is 0 Å². The summed E-state index contributed by atoms with van der Waals surface area (Å²) in [5.74, 6) is 0. The third-order valence-corrected chi connectivity index (χ3v) is 0.957. The second kappa shape index (κ2) is 1.41. The maximum Gasteiger partial charge on any atom is -0.00484 e. The van der Waals surface area contributed by atoms with Crippen LogP contribution in [0.15, 0.2) is 0 Å². The molecule has 0 spiro atoms. The summed E-state index contributed by atoms with van der Waals surface area (Å²) < 4.78 is 0. The van der Waals surface area contributed by atoms with E-state index in [1.54, 1.807) is 0 Å². The van der Waals surface area contributed by atoms with Crippen LogP contribution in [0.5, 0.6) is 0 Å². The van der Waals surface area contributed by atoms with Crippen molar-refractivity contribution in [3.05, 3.63) is 0 Å². The third-order valence-electron chi connectivity index (χ3n) is 0.957. The standard InChI is InChI=1S/C4H9N/c1-2-4-5-3-1/h5H,1-4H2/i3+1. The Labute approximate surface area is 32.4 Å². The van der Waals surface area contributed by atoms with E-state index in [4.69, 9.17) is 0 Å². The summed E-state index contributed by atoms with van der Waals surface area (Å²) in [4.78, 5) is 0. The fourth-order valence-corrected chi connectivity index (χ4v) is 0.625. The van der Waals surface area contributed by atoms with Crippen LogP contribution in [0, 0.1) is 0 Å². The maximum atomic E-state index is 3.22. The summed E-state index contributed by atoms with van der Waals surface area (Å²) in [6, 6.07) is 0. The fourth-order valence-electron chi connectivity index (χ4n) is 0.625. The molecule has 1 aliphatic heterocycles. The van der Waals surface area contributed by atoms with Crippen molar-refractivity contribution in [2.75, 3.05) is 13.1 Å². The average molecular weight is 72.1 g/mol. The van der Waals surface area contributed by atoms with Gasteiger partial charge in [0.1, 0.15) is 0 Å². The van der Waals surface area contributed by atoms with Gasteiger partial charge >= 0.3 is 0 Å². The zero-order valence-corrected chi connectivity index (χ0v) is 3.33. The van der Waals surface area contributed by atoms with Gasteiger partial charge in [0, 0.05) is 0 Å². The van der Waals surface area contributed by atoms with Crippen LogP contribution in [0.4, 0.5) is 0 Å². The number of nitrogens with one attached hydrogen (secondary N) is 1. The molecule has 1 saturated heterocycles.